The normalized spacial score (nSPS) is 18.8. The van der Waals surface area contributed by atoms with E-state index < -0.39 is 9.84 Å². The van der Waals surface area contributed by atoms with Gasteiger partial charge in [-0.3, -0.25) is 4.79 Å². The van der Waals surface area contributed by atoms with Gasteiger partial charge in [0.05, 0.1) is 28.1 Å². The first-order valence-corrected chi connectivity index (χ1v) is 13.0. The molecular weight excluding hydrogens is 442 g/mol. The Morgan fingerprint density at radius 1 is 1.21 bits per heavy atom. The van der Waals surface area contributed by atoms with E-state index in [0.29, 0.717) is 46.8 Å². The molecule has 0 radical (unpaired) electrons. The van der Waals surface area contributed by atoms with Crippen molar-refractivity contribution in [3.63, 3.8) is 0 Å². The molecule has 3 heterocycles. The van der Waals surface area contributed by atoms with Crippen LogP contribution in [0.4, 0.5) is 11.5 Å². The number of sulfone groups is 1. The van der Waals surface area contributed by atoms with Gasteiger partial charge in [0.25, 0.3) is 5.56 Å². The molecule has 1 saturated heterocycles. The predicted octanol–water partition coefficient (Wildman–Crippen LogP) is 1.79. The SMILES string of the molecule is Cn1cnc2cc(-c3ccc(N4CC[C@H](CO)C4)c(S(C)(=O)=O)c3)nc(NC3CC3)c2c1=O. The molecule has 9 nitrogen and oxygen atoms in total. The highest BCUT2D eigenvalue weighted by atomic mass is 32.2. The minimum atomic E-state index is -3.52. The fourth-order valence-electron chi connectivity index (χ4n) is 4.33. The summed E-state index contributed by atoms with van der Waals surface area (Å²) in [6.45, 7) is 1.41. The summed E-state index contributed by atoms with van der Waals surface area (Å²) in [7, 11) is -1.86. The van der Waals surface area contributed by atoms with Crippen LogP contribution in [-0.4, -0.2) is 60.1 Å². The molecule has 0 bridgehead atoms. The van der Waals surface area contributed by atoms with Crippen molar-refractivity contribution < 1.29 is 13.5 Å². The van der Waals surface area contributed by atoms with Crippen molar-refractivity contribution in [2.75, 3.05) is 36.2 Å². The van der Waals surface area contributed by atoms with Gasteiger partial charge in [0.1, 0.15) is 11.2 Å². The van der Waals surface area contributed by atoms with Crippen molar-refractivity contribution in [3.8, 4) is 11.3 Å². The highest BCUT2D eigenvalue weighted by Gasteiger charge is 2.27. The minimum Gasteiger partial charge on any atom is -0.396 e. The molecule has 10 heteroatoms. The van der Waals surface area contributed by atoms with Crippen LogP contribution in [0.15, 0.2) is 40.3 Å². The number of hydrogen-bond acceptors (Lipinski definition) is 8. The Bertz CT molecular complexity index is 1400. The molecule has 0 unspecified atom stereocenters. The number of aromatic nitrogens is 3. The first kappa shape index (κ1) is 21.8. The standard InChI is InChI=1S/C23H27N5O4S/c1-27-13-24-18-10-17(26-22(21(18)23(27)30)25-16-4-5-16)15-3-6-19(20(9-15)33(2,31)32)28-8-7-14(11-28)12-29/h3,6,9-10,13-14,16,29H,4-5,7-8,11-12H2,1-2H3,(H,25,26)/t14-/m0/s1. The molecule has 2 N–H and O–H groups in total. The largest absolute Gasteiger partial charge is 0.396 e. The third kappa shape index (κ3) is 4.20. The predicted molar refractivity (Wildman–Crippen MR) is 127 cm³/mol. The number of nitrogens with zero attached hydrogens (tertiary/aromatic N) is 4. The Kier molecular flexibility index (Phi) is 5.37. The summed E-state index contributed by atoms with van der Waals surface area (Å²) < 4.78 is 26.8. The molecule has 0 amide bonds. The third-order valence-corrected chi connectivity index (χ3v) is 7.49. The first-order valence-electron chi connectivity index (χ1n) is 11.1. The fraction of sp³-hybridized carbons (Fsp3) is 0.435. The molecule has 0 spiro atoms. The Hall–Kier alpha value is -2.98. The summed E-state index contributed by atoms with van der Waals surface area (Å²) in [5, 5.41) is 13.2. The van der Waals surface area contributed by atoms with E-state index in [0.717, 1.165) is 19.3 Å². The van der Waals surface area contributed by atoms with Crippen molar-refractivity contribution in [1.29, 1.82) is 0 Å². The number of pyridine rings is 1. The lowest BCUT2D eigenvalue weighted by molar-refractivity contribution is 0.238. The lowest BCUT2D eigenvalue weighted by Gasteiger charge is -2.22. The second-order valence-electron chi connectivity index (χ2n) is 9.07. The molecule has 1 aliphatic carbocycles. The van der Waals surface area contributed by atoms with E-state index in [2.05, 4.69) is 10.3 Å². The summed E-state index contributed by atoms with van der Waals surface area (Å²) in [5.41, 5.74) is 2.17. The maximum atomic E-state index is 12.8. The highest BCUT2D eigenvalue weighted by molar-refractivity contribution is 7.90. The van der Waals surface area contributed by atoms with Gasteiger partial charge in [-0.15, -0.1) is 0 Å². The van der Waals surface area contributed by atoms with Crippen molar-refractivity contribution in [3.05, 3.63) is 40.9 Å². The van der Waals surface area contributed by atoms with E-state index in [4.69, 9.17) is 4.98 Å². The number of nitrogens with one attached hydrogen (secondary N) is 1. The smallest absolute Gasteiger partial charge is 0.264 e. The Balaban J connectivity index is 1.64. The summed E-state index contributed by atoms with van der Waals surface area (Å²) in [5.74, 6) is 0.623. The van der Waals surface area contributed by atoms with Crippen molar-refractivity contribution in [2.45, 2.75) is 30.2 Å². The van der Waals surface area contributed by atoms with E-state index >= 15 is 0 Å². The van der Waals surface area contributed by atoms with Crippen LogP contribution in [0.25, 0.3) is 22.2 Å². The van der Waals surface area contributed by atoms with E-state index in [1.807, 2.05) is 17.0 Å². The van der Waals surface area contributed by atoms with Gasteiger partial charge in [0.2, 0.25) is 0 Å². The molecule has 2 aliphatic rings. The van der Waals surface area contributed by atoms with Crippen molar-refractivity contribution >= 4 is 32.2 Å². The quantitative estimate of drug-likeness (QED) is 0.561. The highest BCUT2D eigenvalue weighted by Crippen LogP contribution is 2.35. The van der Waals surface area contributed by atoms with Crippen LogP contribution in [-0.2, 0) is 16.9 Å². The van der Waals surface area contributed by atoms with Gasteiger partial charge in [-0.1, -0.05) is 6.07 Å². The van der Waals surface area contributed by atoms with Gasteiger partial charge >= 0.3 is 0 Å². The topological polar surface area (TPSA) is 117 Å². The van der Waals surface area contributed by atoms with Crippen LogP contribution >= 0.6 is 0 Å². The Morgan fingerprint density at radius 3 is 2.67 bits per heavy atom. The summed E-state index contributed by atoms with van der Waals surface area (Å²) >= 11 is 0. The number of aliphatic hydroxyl groups excluding tert-OH is 1. The molecule has 174 valence electrons. The average Bonchev–Trinajstić information content (AvgIpc) is 3.47. The molecule has 1 saturated carbocycles. The number of aliphatic hydroxyl groups is 1. The molecule has 5 rings (SSSR count). The lowest BCUT2D eigenvalue weighted by Crippen LogP contribution is -2.22. The Morgan fingerprint density at radius 2 is 2.00 bits per heavy atom. The molecule has 1 atom stereocenters. The van der Waals surface area contributed by atoms with Gasteiger partial charge in [0.15, 0.2) is 9.84 Å². The zero-order chi connectivity index (χ0) is 23.3. The van der Waals surface area contributed by atoms with Crippen molar-refractivity contribution in [2.24, 2.45) is 13.0 Å². The van der Waals surface area contributed by atoms with Crippen molar-refractivity contribution in [1.82, 2.24) is 14.5 Å². The zero-order valence-corrected chi connectivity index (χ0v) is 19.5. The second kappa shape index (κ2) is 8.11. The van der Waals surface area contributed by atoms with Crippen LogP contribution in [0.5, 0.6) is 0 Å². The molecule has 33 heavy (non-hydrogen) atoms. The summed E-state index contributed by atoms with van der Waals surface area (Å²) in [6.07, 6.45) is 5.54. The molecule has 1 aromatic carbocycles. The maximum absolute atomic E-state index is 12.8. The van der Waals surface area contributed by atoms with Gasteiger partial charge in [-0.05, 0) is 37.5 Å². The van der Waals surface area contributed by atoms with Gasteiger partial charge < -0.3 is 19.9 Å². The number of aryl methyl sites for hydroxylation is 1. The van der Waals surface area contributed by atoms with E-state index in [1.165, 1.54) is 17.2 Å². The monoisotopic (exact) mass is 469 g/mol. The second-order valence-corrected chi connectivity index (χ2v) is 11.1. The third-order valence-electron chi connectivity index (χ3n) is 6.36. The number of benzene rings is 1. The molecule has 1 aliphatic heterocycles. The van der Waals surface area contributed by atoms with E-state index in [1.54, 1.807) is 19.2 Å². The van der Waals surface area contributed by atoms with Crippen LogP contribution in [0, 0.1) is 5.92 Å². The van der Waals surface area contributed by atoms with Crippen LogP contribution in [0.1, 0.15) is 19.3 Å². The number of rotatable bonds is 6. The van der Waals surface area contributed by atoms with Crippen LogP contribution in [0.2, 0.25) is 0 Å². The molecule has 3 aromatic rings. The summed E-state index contributed by atoms with van der Waals surface area (Å²) in [6, 6.07) is 7.32. The van der Waals surface area contributed by atoms with Crippen LogP contribution in [0.3, 0.4) is 0 Å². The Labute approximate surface area is 192 Å². The number of fused-ring (bicyclic) bond motifs is 1. The zero-order valence-electron chi connectivity index (χ0n) is 18.7. The average molecular weight is 470 g/mol. The van der Waals surface area contributed by atoms with E-state index in [-0.39, 0.29) is 29.0 Å². The number of anilines is 2. The fourth-order valence-corrected chi connectivity index (χ4v) is 5.25. The summed E-state index contributed by atoms with van der Waals surface area (Å²) in [4.78, 5) is 24.2. The van der Waals surface area contributed by atoms with E-state index in [9.17, 15) is 18.3 Å². The van der Waals surface area contributed by atoms with Gasteiger partial charge in [-0.25, -0.2) is 18.4 Å². The van der Waals surface area contributed by atoms with Gasteiger partial charge in [-0.2, -0.15) is 0 Å². The molecule has 2 fully saturated rings. The van der Waals surface area contributed by atoms with Gasteiger partial charge in [0, 0.05) is 50.5 Å². The molecule has 2 aromatic heterocycles. The lowest BCUT2D eigenvalue weighted by atomic mass is 10.1. The maximum Gasteiger partial charge on any atom is 0.264 e. The molecular formula is C23H27N5O4S. The number of hydrogen-bond donors (Lipinski definition) is 2. The minimum absolute atomic E-state index is 0.0903. The van der Waals surface area contributed by atoms with Crippen LogP contribution < -0.4 is 15.8 Å². The first-order chi connectivity index (χ1) is 15.7.